The summed E-state index contributed by atoms with van der Waals surface area (Å²) in [6.45, 7) is 2.75. The van der Waals surface area contributed by atoms with Crippen molar-refractivity contribution in [3.05, 3.63) is 36.2 Å². The molecule has 0 aliphatic carbocycles. The van der Waals surface area contributed by atoms with Crippen LogP contribution in [0.15, 0.2) is 30.6 Å². The molecular formula is C18H22N4O3. The van der Waals surface area contributed by atoms with Crippen molar-refractivity contribution in [2.75, 3.05) is 31.2 Å². The van der Waals surface area contributed by atoms with Crippen LogP contribution < -0.4 is 19.7 Å². The maximum Gasteiger partial charge on any atom is 0.255 e. The molecule has 25 heavy (non-hydrogen) atoms. The van der Waals surface area contributed by atoms with E-state index in [1.807, 2.05) is 31.6 Å². The van der Waals surface area contributed by atoms with Gasteiger partial charge in [0.1, 0.15) is 13.2 Å². The Balaban J connectivity index is 1.46. The first-order valence-electron chi connectivity index (χ1n) is 8.64. The normalized spacial score (nSPS) is 19.6. The molecule has 0 spiro atoms. The molecule has 2 aromatic rings. The number of carbonyl (C=O) groups excluding carboxylic acids is 1. The van der Waals surface area contributed by atoms with Crippen molar-refractivity contribution in [1.82, 2.24) is 15.1 Å². The maximum atomic E-state index is 12.8. The third-order valence-electron chi connectivity index (χ3n) is 4.62. The number of nitrogens with one attached hydrogen (secondary N) is 1. The molecule has 0 radical (unpaired) electrons. The molecule has 0 bridgehead atoms. The molecule has 7 heteroatoms. The second-order valence-corrected chi connectivity index (χ2v) is 6.46. The highest BCUT2D eigenvalue weighted by Gasteiger charge is 2.25. The van der Waals surface area contributed by atoms with Gasteiger partial charge in [0.25, 0.3) is 5.91 Å². The lowest BCUT2D eigenvalue weighted by Crippen LogP contribution is -2.47. The molecule has 1 aromatic carbocycles. The molecule has 1 saturated heterocycles. The van der Waals surface area contributed by atoms with Gasteiger partial charge < -0.3 is 19.7 Å². The number of aryl methyl sites for hydroxylation is 1. The van der Waals surface area contributed by atoms with Crippen molar-refractivity contribution in [2.45, 2.75) is 18.9 Å². The zero-order valence-electron chi connectivity index (χ0n) is 14.3. The number of hydrogen-bond donors (Lipinski definition) is 1. The van der Waals surface area contributed by atoms with E-state index >= 15 is 0 Å². The number of hydrogen-bond acceptors (Lipinski definition) is 5. The lowest BCUT2D eigenvalue weighted by atomic mass is 10.0. The molecule has 0 saturated carbocycles. The van der Waals surface area contributed by atoms with E-state index in [2.05, 4.69) is 15.3 Å². The Bertz CT molecular complexity index is 773. The molecule has 0 unspecified atom stereocenters. The first-order valence-corrected chi connectivity index (χ1v) is 8.64. The maximum absolute atomic E-state index is 12.8. The van der Waals surface area contributed by atoms with Crippen LogP contribution in [0.5, 0.6) is 11.5 Å². The van der Waals surface area contributed by atoms with Gasteiger partial charge in [0.05, 0.1) is 17.4 Å². The predicted octanol–water partition coefficient (Wildman–Crippen LogP) is 1.59. The minimum absolute atomic E-state index is 0.0989. The average Bonchev–Trinajstić information content (AvgIpc) is 3.08. The Hall–Kier alpha value is -2.70. The number of fused-ring (bicyclic) bond motifs is 1. The number of anilines is 1. The summed E-state index contributed by atoms with van der Waals surface area (Å²) in [5.74, 6) is 1.08. The Morgan fingerprint density at radius 3 is 3.04 bits per heavy atom. The molecule has 1 aromatic heterocycles. The van der Waals surface area contributed by atoms with Gasteiger partial charge >= 0.3 is 0 Å². The summed E-state index contributed by atoms with van der Waals surface area (Å²) < 4.78 is 13.0. The molecule has 2 aliphatic rings. The van der Waals surface area contributed by atoms with Gasteiger partial charge in [0.15, 0.2) is 11.5 Å². The minimum Gasteiger partial charge on any atom is -0.486 e. The van der Waals surface area contributed by atoms with Crippen LogP contribution in [0.2, 0.25) is 0 Å². The lowest BCUT2D eigenvalue weighted by molar-refractivity contribution is 0.0922. The summed E-state index contributed by atoms with van der Waals surface area (Å²) in [4.78, 5) is 15.0. The summed E-state index contributed by atoms with van der Waals surface area (Å²) in [7, 11) is 1.91. The van der Waals surface area contributed by atoms with E-state index in [0.29, 0.717) is 30.3 Å². The molecule has 1 N–H and O–H groups in total. The summed E-state index contributed by atoms with van der Waals surface area (Å²) in [5.41, 5.74) is 1.63. The number of benzene rings is 1. The fourth-order valence-corrected chi connectivity index (χ4v) is 3.42. The molecule has 3 heterocycles. The van der Waals surface area contributed by atoms with Gasteiger partial charge in [-0.05, 0) is 25.0 Å². The van der Waals surface area contributed by atoms with E-state index in [4.69, 9.17) is 9.47 Å². The van der Waals surface area contributed by atoms with Crippen molar-refractivity contribution in [3.63, 3.8) is 0 Å². The summed E-state index contributed by atoms with van der Waals surface area (Å²) in [6, 6.07) is 5.54. The lowest BCUT2D eigenvalue weighted by Gasteiger charge is -2.34. The molecule has 1 fully saturated rings. The van der Waals surface area contributed by atoms with Crippen LogP contribution in [0.25, 0.3) is 0 Å². The fourth-order valence-electron chi connectivity index (χ4n) is 3.42. The summed E-state index contributed by atoms with van der Waals surface area (Å²) in [6.07, 6.45) is 5.87. The standard InChI is InChI=1S/C18H22N4O3/c1-21-12-14(10-19-21)22-7-3-4-13(11-22)20-18(23)15-5-2-6-16-17(15)25-9-8-24-16/h2,5-6,10,12-13H,3-4,7-9,11H2,1H3,(H,20,23)/t13-/m1/s1. The zero-order valence-corrected chi connectivity index (χ0v) is 14.3. The van der Waals surface area contributed by atoms with Crippen LogP contribution in [0, 0.1) is 0 Å². The van der Waals surface area contributed by atoms with Gasteiger partial charge in [-0.25, -0.2) is 0 Å². The number of ether oxygens (including phenoxy) is 2. The largest absolute Gasteiger partial charge is 0.486 e. The van der Waals surface area contributed by atoms with E-state index in [9.17, 15) is 4.79 Å². The predicted molar refractivity (Wildman–Crippen MR) is 93.3 cm³/mol. The number of amides is 1. The van der Waals surface area contributed by atoms with E-state index in [1.165, 1.54) is 0 Å². The average molecular weight is 342 g/mol. The Morgan fingerprint density at radius 2 is 2.20 bits per heavy atom. The van der Waals surface area contributed by atoms with Crippen molar-refractivity contribution in [2.24, 2.45) is 7.05 Å². The van der Waals surface area contributed by atoms with Crippen molar-refractivity contribution < 1.29 is 14.3 Å². The smallest absolute Gasteiger partial charge is 0.255 e. The molecule has 4 rings (SSSR count). The molecule has 132 valence electrons. The number of nitrogens with zero attached hydrogens (tertiary/aromatic N) is 3. The van der Waals surface area contributed by atoms with Crippen molar-refractivity contribution in [3.8, 4) is 11.5 Å². The third-order valence-corrected chi connectivity index (χ3v) is 4.62. The number of para-hydroxylation sites is 1. The van der Waals surface area contributed by atoms with Crippen LogP contribution in [0.3, 0.4) is 0 Å². The highest BCUT2D eigenvalue weighted by Crippen LogP contribution is 2.33. The first kappa shape index (κ1) is 15.8. The van der Waals surface area contributed by atoms with E-state index in [-0.39, 0.29) is 11.9 Å². The minimum atomic E-state index is -0.111. The van der Waals surface area contributed by atoms with Crippen LogP contribution in [-0.4, -0.2) is 48.0 Å². The number of piperidine rings is 1. The highest BCUT2D eigenvalue weighted by atomic mass is 16.6. The zero-order chi connectivity index (χ0) is 17.2. The van der Waals surface area contributed by atoms with Crippen molar-refractivity contribution in [1.29, 1.82) is 0 Å². The summed E-state index contributed by atoms with van der Waals surface area (Å²) >= 11 is 0. The van der Waals surface area contributed by atoms with Crippen LogP contribution in [-0.2, 0) is 7.05 Å². The highest BCUT2D eigenvalue weighted by molar-refractivity contribution is 5.98. The van der Waals surface area contributed by atoms with Gasteiger partial charge in [0.2, 0.25) is 0 Å². The monoisotopic (exact) mass is 342 g/mol. The van der Waals surface area contributed by atoms with Crippen molar-refractivity contribution >= 4 is 11.6 Å². The Labute approximate surface area is 146 Å². The van der Waals surface area contributed by atoms with E-state index in [1.54, 1.807) is 10.7 Å². The van der Waals surface area contributed by atoms with Gasteiger partial charge in [0, 0.05) is 32.4 Å². The number of rotatable bonds is 3. The molecule has 2 aliphatic heterocycles. The fraction of sp³-hybridized carbons (Fsp3) is 0.444. The Kier molecular flexibility index (Phi) is 4.21. The van der Waals surface area contributed by atoms with Gasteiger partial charge in [-0.15, -0.1) is 0 Å². The SMILES string of the molecule is Cn1cc(N2CCC[C@@H](NC(=O)c3cccc4c3OCCO4)C2)cn1. The van der Waals surface area contributed by atoms with Gasteiger partial charge in [-0.2, -0.15) is 5.10 Å². The van der Waals surface area contributed by atoms with Crippen LogP contribution in [0.4, 0.5) is 5.69 Å². The number of carbonyl (C=O) groups is 1. The molecule has 1 amide bonds. The quantitative estimate of drug-likeness (QED) is 0.917. The van der Waals surface area contributed by atoms with Crippen LogP contribution >= 0.6 is 0 Å². The molecular weight excluding hydrogens is 320 g/mol. The number of aromatic nitrogens is 2. The van der Waals surface area contributed by atoms with E-state index in [0.717, 1.165) is 31.6 Å². The van der Waals surface area contributed by atoms with E-state index < -0.39 is 0 Å². The second-order valence-electron chi connectivity index (χ2n) is 6.46. The Morgan fingerprint density at radius 1 is 1.32 bits per heavy atom. The summed E-state index contributed by atoms with van der Waals surface area (Å²) in [5, 5.41) is 7.38. The first-order chi connectivity index (χ1) is 12.2. The molecule has 7 nitrogen and oxygen atoms in total. The van der Waals surface area contributed by atoms with Gasteiger partial charge in [-0.1, -0.05) is 6.07 Å². The van der Waals surface area contributed by atoms with Crippen LogP contribution in [0.1, 0.15) is 23.2 Å². The molecule has 1 atom stereocenters. The topological polar surface area (TPSA) is 68.6 Å². The van der Waals surface area contributed by atoms with Gasteiger partial charge in [-0.3, -0.25) is 9.48 Å². The second kappa shape index (κ2) is 6.66. The third kappa shape index (κ3) is 3.26.